The second-order valence-electron chi connectivity index (χ2n) is 5.56. The van der Waals surface area contributed by atoms with Gasteiger partial charge in [0, 0.05) is 8.95 Å². The van der Waals surface area contributed by atoms with Crippen molar-refractivity contribution >= 4 is 31.9 Å². The fraction of sp³-hybridized carbons (Fsp3) is 0.263. The lowest BCUT2D eigenvalue weighted by atomic mass is 9.89. The summed E-state index contributed by atoms with van der Waals surface area (Å²) in [4.78, 5) is 0. The third-order valence-electron chi connectivity index (χ3n) is 3.90. The summed E-state index contributed by atoms with van der Waals surface area (Å²) in [6.45, 7) is 3.82. The summed E-state index contributed by atoms with van der Waals surface area (Å²) in [6, 6.07) is 16.5. The van der Waals surface area contributed by atoms with Crippen molar-refractivity contribution in [1.82, 2.24) is 0 Å². The number of benzene rings is 2. The van der Waals surface area contributed by atoms with Gasteiger partial charge in [-0.3, -0.25) is 0 Å². The van der Waals surface area contributed by atoms with Gasteiger partial charge in [0.25, 0.3) is 0 Å². The van der Waals surface area contributed by atoms with Gasteiger partial charge in [-0.2, -0.15) is 0 Å². The van der Waals surface area contributed by atoms with E-state index in [0.29, 0.717) is 12.8 Å². The fourth-order valence-electron chi connectivity index (χ4n) is 2.35. The van der Waals surface area contributed by atoms with Gasteiger partial charge in [0.1, 0.15) is 0 Å². The lowest BCUT2D eigenvalue weighted by molar-refractivity contribution is 0.0732. The fourth-order valence-corrected chi connectivity index (χ4v) is 2.88. The summed E-state index contributed by atoms with van der Waals surface area (Å²) >= 11 is 6.87. The zero-order chi connectivity index (χ0) is 16.0. The minimum absolute atomic E-state index is 0.689. The Kier molecular flexibility index (Phi) is 6.42. The van der Waals surface area contributed by atoms with Crippen LogP contribution in [0, 0.1) is 0 Å². The molecule has 2 aromatic carbocycles. The first-order chi connectivity index (χ1) is 10.5. The first-order valence-electron chi connectivity index (χ1n) is 7.36. The van der Waals surface area contributed by atoms with Crippen LogP contribution in [0.1, 0.15) is 24.0 Å². The molecule has 2 rings (SSSR count). The minimum atomic E-state index is -0.819. The second-order valence-corrected chi connectivity index (χ2v) is 7.39. The van der Waals surface area contributed by atoms with Gasteiger partial charge in [0.05, 0.1) is 5.60 Å². The van der Waals surface area contributed by atoms with Crippen molar-refractivity contribution in [3.8, 4) is 0 Å². The van der Waals surface area contributed by atoms with E-state index in [-0.39, 0.29) is 0 Å². The topological polar surface area (TPSA) is 20.2 Å². The first kappa shape index (κ1) is 17.5. The Hall–Kier alpha value is -0.900. The van der Waals surface area contributed by atoms with Crippen LogP contribution in [0.25, 0.3) is 0 Å². The van der Waals surface area contributed by atoms with E-state index in [1.807, 2.05) is 24.3 Å². The van der Waals surface area contributed by atoms with Crippen LogP contribution in [-0.4, -0.2) is 10.7 Å². The summed E-state index contributed by atoms with van der Waals surface area (Å²) in [7, 11) is 0. The maximum Gasteiger partial charge on any atom is 0.0831 e. The van der Waals surface area contributed by atoms with E-state index < -0.39 is 5.60 Å². The van der Waals surface area contributed by atoms with Gasteiger partial charge in [-0.05, 0) is 61.1 Å². The molecule has 116 valence electrons. The van der Waals surface area contributed by atoms with Crippen molar-refractivity contribution < 1.29 is 5.11 Å². The molecule has 0 bridgehead atoms. The number of halogens is 2. The summed E-state index contributed by atoms with van der Waals surface area (Å²) in [5.74, 6) is 0. The number of aliphatic hydroxyl groups is 1. The molecule has 1 nitrogen and oxygen atoms in total. The van der Waals surface area contributed by atoms with Crippen LogP contribution < -0.4 is 0 Å². The lowest BCUT2D eigenvalue weighted by Crippen LogP contribution is -2.27. The molecule has 0 saturated heterocycles. The monoisotopic (exact) mass is 422 g/mol. The molecule has 0 heterocycles. The quantitative estimate of drug-likeness (QED) is 0.566. The molecular formula is C19H20Br2O. The SMILES string of the molecule is C=CC(O)(CCc1ccc(Br)cc1)CCc1ccc(Br)cc1. The van der Waals surface area contributed by atoms with Crippen molar-refractivity contribution in [3.63, 3.8) is 0 Å². The summed E-state index contributed by atoms with van der Waals surface area (Å²) in [5, 5.41) is 10.7. The molecule has 0 atom stereocenters. The van der Waals surface area contributed by atoms with Crippen molar-refractivity contribution in [2.75, 3.05) is 0 Å². The van der Waals surface area contributed by atoms with Crippen molar-refractivity contribution in [2.45, 2.75) is 31.3 Å². The van der Waals surface area contributed by atoms with Crippen molar-refractivity contribution in [1.29, 1.82) is 0 Å². The van der Waals surface area contributed by atoms with Crippen LogP contribution in [0.2, 0.25) is 0 Å². The summed E-state index contributed by atoms with van der Waals surface area (Å²) < 4.78 is 2.15. The Labute approximate surface area is 149 Å². The van der Waals surface area contributed by atoms with Crippen LogP contribution in [0.15, 0.2) is 70.1 Å². The highest BCUT2D eigenvalue weighted by atomic mass is 79.9. The van der Waals surface area contributed by atoms with Crippen LogP contribution >= 0.6 is 31.9 Å². The van der Waals surface area contributed by atoms with Gasteiger partial charge in [-0.1, -0.05) is 62.2 Å². The Morgan fingerprint density at radius 1 is 0.818 bits per heavy atom. The van der Waals surface area contributed by atoms with E-state index in [1.54, 1.807) is 6.08 Å². The number of aryl methyl sites for hydroxylation is 2. The van der Waals surface area contributed by atoms with E-state index in [1.165, 1.54) is 11.1 Å². The first-order valence-corrected chi connectivity index (χ1v) is 8.94. The number of rotatable bonds is 7. The third-order valence-corrected chi connectivity index (χ3v) is 4.96. The molecule has 0 amide bonds. The second kappa shape index (κ2) is 8.09. The number of hydrogen-bond acceptors (Lipinski definition) is 1. The molecule has 1 N–H and O–H groups in total. The Morgan fingerprint density at radius 2 is 1.18 bits per heavy atom. The van der Waals surface area contributed by atoms with Gasteiger partial charge in [0.2, 0.25) is 0 Å². The van der Waals surface area contributed by atoms with E-state index in [2.05, 4.69) is 62.7 Å². The van der Waals surface area contributed by atoms with E-state index in [4.69, 9.17) is 0 Å². The molecule has 22 heavy (non-hydrogen) atoms. The van der Waals surface area contributed by atoms with Gasteiger partial charge < -0.3 is 5.11 Å². The molecular weight excluding hydrogens is 404 g/mol. The van der Waals surface area contributed by atoms with Gasteiger partial charge in [-0.25, -0.2) is 0 Å². The van der Waals surface area contributed by atoms with Crippen molar-refractivity contribution in [3.05, 3.63) is 81.3 Å². The molecule has 0 saturated carbocycles. The average Bonchev–Trinajstić information content (AvgIpc) is 2.54. The zero-order valence-corrected chi connectivity index (χ0v) is 15.6. The van der Waals surface area contributed by atoms with Gasteiger partial charge in [0.15, 0.2) is 0 Å². The normalized spacial score (nSPS) is 11.4. The largest absolute Gasteiger partial charge is 0.386 e. The van der Waals surface area contributed by atoms with Gasteiger partial charge >= 0.3 is 0 Å². The van der Waals surface area contributed by atoms with Crippen LogP contribution in [-0.2, 0) is 12.8 Å². The summed E-state index contributed by atoms with van der Waals surface area (Å²) in [6.07, 6.45) is 4.75. The van der Waals surface area contributed by atoms with E-state index in [9.17, 15) is 5.11 Å². The van der Waals surface area contributed by atoms with Crippen molar-refractivity contribution in [2.24, 2.45) is 0 Å². The smallest absolute Gasteiger partial charge is 0.0831 e. The van der Waals surface area contributed by atoms with E-state index in [0.717, 1.165) is 21.8 Å². The predicted octanol–water partition coefficient (Wildman–Crippen LogP) is 5.69. The Morgan fingerprint density at radius 3 is 1.50 bits per heavy atom. The Bertz CT molecular complexity index is 553. The highest BCUT2D eigenvalue weighted by Crippen LogP contribution is 2.23. The molecule has 0 aliphatic heterocycles. The molecule has 0 aliphatic carbocycles. The maximum atomic E-state index is 10.7. The average molecular weight is 424 g/mol. The van der Waals surface area contributed by atoms with Crippen LogP contribution in [0.4, 0.5) is 0 Å². The third kappa shape index (κ3) is 5.38. The summed E-state index contributed by atoms with van der Waals surface area (Å²) in [5.41, 5.74) is 1.64. The Balaban J connectivity index is 1.91. The molecule has 0 fully saturated rings. The molecule has 0 unspecified atom stereocenters. The van der Waals surface area contributed by atoms with Crippen LogP contribution in [0.5, 0.6) is 0 Å². The maximum absolute atomic E-state index is 10.7. The predicted molar refractivity (Wildman–Crippen MR) is 100 cm³/mol. The molecule has 0 radical (unpaired) electrons. The van der Waals surface area contributed by atoms with Gasteiger partial charge in [-0.15, -0.1) is 6.58 Å². The number of hydrogen-bond donors (Lipinski definition) is 1. The molecule has 0 spiro atoms. The highest BCUT2D eigenvalue weighted by Gasteiger charge is 2.22. The molecule has 0 aliphatic rings. The minimum Gasteiger partial charge on any atom is -0.386 e. The van der Waals surface area contributed by atoms with Crippen LogP contribution in [0.3, 0.4) is 0 Å². The lowest BCUT2D eigenvalue weighted by Gasteiger charge is -2.24. The molecule has 2 aromatic rings. The standard InChI is InChI=1S/C19H20Br2O/c1-2-19(22,13-11-15-3-7-17(20)8-4-15)14-12-16-5-9-18(21)10-6-16/h2-10,22H,1,11-14H2. The molecule has 3 heteroatoms. The zero-order valence-electron chi connectivity index (χ0n) is 12.4. The molecule has 0 aromatic heterocycles. The highest BCUT2D eigenvalue weighted by molar-refractivity contribution is 9.10. The van der Waals surface area contributed by atoms with E-state index >= 15 is 0 Å².